The van der Waals surface area contributed by atoms with Gasteiger partial charge in [-0.1, -0.05) is 32.4 Å². The molecule has 1 atom stereocenters. The van der Waals surface area contributed by atoms with Crippen LogP contribution in [0.15, 0.2) is 35.5 Å². The Labute approximate surface area is 246 Å². The summed E-state index contributed by atoms with van der Waals surface area (Å²) in [6.07, 6.45) is 10.9. The Morgan fingerprint density at radius 2 is 1.95 bits per heavy atom. The molecule has 0 bridgehead atoms. The van der Waals surface area contributed by atoms with E-state index in [4.69, 9.17) is 16.3 Å². The summed E-state index contributed by atoms with van der Waals surface area (Å²) < 4.78 is 37.0. The second-order valence-corrected chi connectivity index (χ2v) is 14.7. The van der Waals surface area contributed by atoms with E-state index in [-0.39, 0.29) is 15.7 Å². The summed E-state index contributed by atoms with van der Waals surface area (Å²) in [6.45, 7) is 9.90. The van der Waals surface area contributed by atoms with Crippen LogP contribution in [0, 0.1) is 23.7 Å². The molecule has 3 aromatic heterocycles. The molecule has 1 amide bonds. The lowest BCUT2D eigenvalue weighted by Gasteiger charge is -2.17. The van der Waals surface area contributed by atoms with Gasteiger partial charge in [0.15, 0.2) is 10.8 Å². The van der Waals surface area contributed by atoms with Crippen molar-refractivity contribution >= 4 is 27.5 Å². The number of aromatic nitrogens is 5. The van der Waals surface area contributed by atoms with E-state index in [1.165, 1.54) is 48.9 Å². The summed E-state index contributed by atoms with van der Waals surface area (Å²) in [6, 6.07) is 6.16. The van der Waals surface area contributed by atoms with Gasteiger partial charge in [0.05, 0.1) is 12.2 Å². The number of halogens is 1. The minimum absolute atomic E-state index is 0.0732. The smallest absolute Gasteiger partial charge is 0.283 e. The van der Waals surface area contributed by atoms with Gasteiger partial charge < -0.3 is 4.74 Å². The Morgan fingerprint density at radius 1 is 1.17 bits per heavy atom. The number of amides is 1. The quantitative estimate of drug-likeness (QED) is 0.263. The lowest BCUT2D eigenvalue weighted by Crippen LogP contribution is -2.31. The van der Waals surface area contributed by atoms with Crippen molar-refractivity contribution in [1.29, 1.82) is 0 Å². The van der Waals surface area contributed by atoms with Crippen LogP contribution < -0.4 is 9.46 Å². The number of hydrogen-bond acceptors (Lipinski definition) is 7. The number of carbonyl (C=O) groups excluding carboxylic acids is 1. The Hall–Kier alpha value is -2.92. The maximum absolute atomic E-state index is 13.0. The number of pyridine rings is 1. The van der Waals surface area contributed by atoms with Crippen LogP contribution in [-0.2, 0) is 16.6 Å². The van der Waals surface area contributed by atoms with Crippen LogP contribution in [0.2, 0.25) is 5.15 Å². The average Bonchev–Trinajstić information content (AvgIpc) is 3.22. The SMILES string of the molecule is Cc1cc(S(=O)(=O)NC(=O)c2ccc(-n3ccc(OCCC4(C)CC4)n3)nc2Cl)nn1CCCC1CCC(C)(C)C1. The van der Waals surface area contributed by atoms with Gasteiger partial charge in [0.25, 0.3) is 15.9 Å². The van der Waals surface area contributed by atoms with Crippen molar-refractivity contribution in [3.8, 4) is 11.7 Å². The van der Waals surface area contributed by atoms with Crippen molar-refractivity contribution in [2.24, 2.45) is 16.7 Å². The summed E-state index contributed by atoms with van der Waals surface area (Å²) in [7, 11) is -4.21. The van der Waals surface area contributed by atoms with Crippen LogP contribution in [0.1, 0.15) is 88.2 Å². The first-order chi connectivity index (χ1) is 19.3. The van der Waals surface area contributed by atoms with Crippen molar-refractivity contribution < 1.29 is 17.9 Å². The van der Waals surface area contributed by atoms with Gasteiger partial charge in [-0.2, -0.15) is 13.5 Å². The molecule has 0 saturated heterocycles. The van der Waals surface area contributed by atoms with E-state index in [0.29, 0.717) is 41.6 Å². The summed E-state index contributed by atoms with van der Waals surface area (Å²) in [5.74, 6) is 0.659. The van der Waals surface area contributed by atoms with Gasteiger partial charge in [0, 0.05) is 30.6 Å². The normalized spacial score (nSPS) is 19.3. The Bertz CT molecular complexity index is 1530. The summed E-state index contributed by atoms with van der Waals surface area (Å²) >= 11 is 6.30. The summed E-state index contributed by atoms with van der Waals surface area (Å²) in [5.41, 5.74) is 1.46. The van der Waals surface area contributed by atoms with Gasteiger partial charge in [-0.25, -0.2) is 14.4 Å². The zero-order valence-electron chi connectivity index (χ0n) is 24.2. The third-order valence-corrected chi connectivity index (χ3v) is 9.94. The topological polar surface area (TPSA) is 121 Å². The van der Waals surface area contributed by atoms with E-state index in [1.54, 1.807) is 23.0 Å². The van der Waals surface area contributed by atoms with Crippen LogP contribution in [0.25, 0.3) is 5.82 Å². The second-order valence-electron chi connectivity index (χ2n) is 12.7. The first-order valence-electron chi connectivity index (χ1n) is 14.3. The van der Waals surface area contributed by atoms with Crippen LogP contribution in [0.5, 0.6) is 5.88 Å². The number of aryl methyl sites for hydroxylation is 2. The molecule has 3 heterocycles. The monoisotopic (exact) mass is 602 g/mol. The number of sulfonamides is 1. The number of nitrogens with zero attached hydrogens (tertiary/aromatic N) is 5. The Kier molecular flexibility index (Phi) is 8.22. The van der Waals surface area contributed by atoms with E-state index in [0.717, 1.165) is 25.0 Å². The van der Waals surface area contributed by atoms with Gasteiger partial charge >= 0.3 is 0 Å². The van der Waals surface area contributed by atoms with Crippen LogP contribution in [-0.4, -0.2) is 45.5 Å². The Morgan fingerprint density at radius 3 is 2.63 bits per heavy atom. The summed E-state index contributed by atoms with van der Waals surface area (Å²) in [4.78, 5) is 17.1. The number of rotatable bonds is 12. The molecule has 41 heavy (non-hydrogen) atoms. The highest BCUT2D eigenvalue weighted by atomic mass is 35.5. The van der Waals surface area contributed by atoms with Gasteiger partial charge in [0.2, 0.25) is 5.88 Å². The average molecular weight is 603 g/mol. The molecule has 1 unspecified atom stereocenters. The molecule has 5 rings (SSSR count). The molecule has 12 heteroatoms. The lowest BCUT2D eigenvalue weighted by atomic mass is 9.89. The number of hydrogen-bond donors (Lipinski definition) is 1. The van der Waals surface area contributed by atoms with Crippen LogP contribution in [0.4, 0.5) is 0 Å². The first kappa shape index (κ1) is 29.6. The third kappa shape index (κ3) is 7.30. The fraction of sp³-hybridized carbons (Fsp3) is 0.586. The van der Waals surface area contributed by atoms with Crippen molar-refractivity contribution in [1.82, 2.24) is 29.3 Å². The van der Waals surface area contributed by atoms with Gasteiger partial charge in [-0.05, 0) is 87.2 Å². The van der Waals surface area contributed by atoms with Gasteiger partial charge in [0.1, 0.15) is 5.15 Å². The van der Waals surface area contributed by atoms with E-state index >= 15 is 0 Å². The zero-order chi connectivity index (χ0) is 29.4. The van der Waals surface area contributed by atoms with Crippen LogP contribution >= 0.6 is 11.6 Å². The molecular weight excluding hydrogens is 564 g/mol. The molecule has 2 aliphatic carbocycles. The highest BCUT2D eigenvalue weighted by Gasteiger charge is 2.36. The molecule has 10 nitrogen and oxygen atoms in total. The molecule has 0 aliphatic heterocycles. The van der Waals surface area contributed by atoms with Crippen molar-refractivity contribution in [3.63, 3.8) is 0 Å². The van der Waals surface area contributed by atoms with E-state index in [1.807, 2.05) is 6.92 Å². The molecule has 0 spiro atoms. The highest BCUT2D eigenvalue weighted by molar-refractivity contribution is 7.90. The minimum atomic E-state index is -4.21. The molecule has 2 aliphatic rings. The minimum Gasteiger partial charge on any atom is -0.477 e. The molecule has 222 valence electrons. The second kappa shape index (κ2) is 11.4. The lowest BCUT2D eigenvalue weighted by molar-refractivity contribution is 0.0981. The Balaban J connectivity index is 1.17. The van der Waals surface area contributed by atoms with Crippen molar-refractivity contribution in [2.75, 3.05) is 6.61 Å². The zero-order valence-corrected chi connectivity index (χ0v) is 25.8. The predicted octanol–water partition coefficient (Wildman–Crippen LogP) is 5.72. The van der Waals surface area contributed by atoms with E-state index in [2.05, 4.69) is 40.7 Å². The summed E-state index contributed by atoms with van der Waals surface area (Å²) in [5, 5.41) is 8.29. The molecule has 0 radical (unpaired) electrons. The molecule has 3 aromatic rings. The predicted molar refractivity (Wildman–Crippen MR) is 156 cm³/mol. The molecular formula is C29H39ClN6O4S. The van der Waals surface area contributed by atoms with E-state index in [9.17, 15) is 13.2 Å². The number of ether oxygens (including phenoxy) is 1. The number of carbonyl (C=O) groups is 1. The molecule has 1 N–H and O–H groups in total. The first-order valence-corrected chi connectivity index (χ1v) is 16.2. The number of nitrogens with one attached hydrogen (secondary N) is 1. The fourth-order valence-corrected chi connectivity index (χ4v) is 6.75. The van der Waals surface area contributed by atoms with Gasteiger partial charge in [-0.15, -0.1) is 5.10 Å². The maximum atomic E-state index is 13.0. The van der Waals surface area contributed by atoms with Crippen molar-refractivity contribution in [3.05, 3.63) is 46.9 Å². The standard InChI is InChI=1S/C29H39ClN6O4S/c1-20-18-25(33-35(20)15-5-6-21-9-11-28(2,3)19-21)41(38,39)34-27(37)22-7-8-23(31-26(22)30)36-16-10-24(32-36)40-17-14-29(4)12-13-29/h7-8,10,16,18,21H,5-6,9,11-15,17,19H2,1-4H3,(H,34,37). The third-order valence-electron chi connectivity index (χ3n) is 8.45. The van der Waals surface area contributed by atoms with Crippen molar-refractivity contribution in [2.45, 2.75) is 90.6 Å². The largest absolute Gasteiger partial charge is 0.477 e. The maximum Gasteiger partial charge on any atom is 0.283 e. The van der Waals surface area contributed by atoms with E-state index < -0.39 is 15.9 Å². The molecule has 2 saturated carbocycles. The molecule has 2 fully saturated rings. The van der Waals surface area contributed by atoms with Gasteiger partial charge in [-0.3, -0.25) is 9.48 Å². The van der Waals surface area contributed by atoms with Crippen LogP contribution in [0.3, 0.4) is 0 Å². The molecule has 0 aromatic carbocycles. The highest BCUT2D eigenvalue weighted by Crippen LogP contribution is 2.48. The fourth-order valence-electron chi connectivity index (χ4n) is 5.52.